The van der Waals surface area contributed by atoms with Crippen molar-refractivity contribution >= 4 is 17.3 Å². The predicted octanol–water partition coefficient (Wildman–Crippen LogP) is 1.31. The zero-order chi connectivity index (χ0) is 13.0. The Morgan fingerprint density at radius 3 is 2.50 bits per heavy atom. The SMILES string of the molecule is CCN(C(=N)c1nccnc1N)c1ccncc1. The second kappa shape index (κ2) is 5.22. The Hall–Kier alpha value is -2.50. The molecule has 0 spiro atoms. The van der Waals surface area contributed by atoms with E-state index in [1.54, 1.807) is 17.3 Å². The van der Waals surface area contributed by atoms with E-state index in [1.807, 2.05) is 19.1 Å². The molecule has 0 aromatic carbocycles. The van der Waals surface area contributed by atoms with E-state index in [1.165, 1.54) is 12.4 Å². The Bertz CT molecular complexity index is 539. The summed E-state index contributed by atoms with van der Waals surface area (Å²) in [5.74, 6) is 0.490. The number of rotatable bonds is 3. The number of amidine groups is 1. The van der Waals surface area contributed by atoms with E-state index in [0.29, 0.717) is 12.2 Å². The highest BCUT2D eigenvalue weighted by Crippen LogP contribution is 2.16. The molecular formula is C12H14N6. The fraction of sp³-hybridized carbons (Fsp3) is 0.167. The lowest BCUT2D eigenvalue weighted by atomic mass is 10.3. The van der Waals surface area contributed by atoms with E-state index in [9.17, 15) is 0 Å². The average molecular weight is 242 g/mol. The average Bonchev–Trinajstić information content (AvgIpc) is 2.41. The quantitative estimate of drug-likeness (QED) is 0.625. The first-order valence-corrected chi connectivity index (χ1v) is 5.57. The van der Waals surface area contributed by atoms with Gasteiger partial charge in [0.1, 0.15) is 5.69 Å². The Labute approximate surface area is 105 Å². The molecule has 0 radical (unpaired) electrons. The molecule has 18 heavy (non-hydrogen) atoms. The second-order valence-electron chi connectivity index (χ2n) is 3.59. The van der Waals surface area contributed by atoms with E-state index in [4.69, 9.17) is 11.1 Å². The highest BCUT2D eigenvalue weighted by molar-refractivity contribution is 6.09. The molecule has 0 amide bonds. The van der Waals surface area contributed by atoms with Gasteiger partial charge in [0.2, 0.25) is 0 Å². The molecule has 0 saturated heterocycles. The van der Waals surface area contributed by atoms with Crippen LogP contribution in [0.15, 0.2) is 36.9 Å². The van der Waals surface area contributed by atoms with Crippen molar-refractivity contribution in [3.8, 4) is 0 Å². The summed E-state index contributed by atoms with van der Waals surface area (Å²) in [5, 5.41) is 8.19. The van der Waals surface area contributed by atoms with E-state index in [0.717, 1.165) is 5.69 Å². The minimum atomic E-state index is 0.231. The summed E-state index contributed by atoms with van der Waals surface area (Å²) >= 11 is 0. The van der Waals surface area contributed by atoms with E-state index < -0.39 is 0 Å². The van der Waals surface area contributed by atoms with Crippen LogP contribution in [-0.4, -0.2) is 27.3 Å². The maximum absolute atomic E-state index is 8.19. The Morgan fingerprint density at radius 2 is 1.89 bits per heavy atom. The van der Waals surface area contributed by atoms with Gasteiger partial charge >= 0.3 is 0 Å². The van der Waals surface area contributed by atoms with Gasteiger partial charge in [-0.1, -0.05) is 0 Å². The van der Waals surface area contributed by atoms with Gasteiger partial charge in [-0.15, -0.1) is 0 Å². The van der Waals surface area contributed by atoms with Crippen molar-refractivity contribution in [3.63, 3.8) is 0 Å². The van der Waals surface area contributed by atoms with Crippen LogP contribution in [-0.2, 0) is 0 Å². The van der Waals surface area contributed by atoms with Crippen LogP contribution in [0.2, 0.25) is 0 Å². The molecule has 6 nitrogen and oxygen atoms in total. The number of anilines is 2. The van der Waals surface area contributed by atoms with Crippen LogP contribution in [0, 0.1) is 5.41 Å². The van der Waals surface area contributed by atoms with Crippen LogP contribution in [0.25, 0.3) is 0 Å². The van der Waals surface area contributed by atoms with Crippen molar-refractivity contribution < 1.29 is 0 Å². The lowest BCUT2D eigenvalue weighted by Gasteiger charge is -2.23. The van der Waals surface area contributed by atoms with Crippen molar-refractivity contribution in [2.45, 2.75) is 6.92 Å². The summed E-state index contributed by atoms with van der Waals surface area (Å²) < 4.78 is 0. The highest BCUT2D eigenvalue weighted by atomic mass is 15.2. The number of nitrogens with zero attached hydrogens (tertiary/aromatic N) is 4. The van der Waals surface area contributed by atoms with Crippen LogP contribution in [0.3, 0.4) is 0 Å². The van der Waals surface area contributed by atoms with Crippen LogP contribution in [0.1, 0.15) is 12.6 Å². The summed E-state index contributed by atoms with van der Waals surface area (Å²) in [7, 11) is 0. The fourth-order valence-corrected chi connectivity index (χ4v) is 1.65. The van der Waals surface area contributed by atoms with Crippen molar-refractivity contribution in [3.05, 3.63) is 42.6 Å². The minimum absolute atomic E-state index is 0.231. The van der Waals surface area contributed by atoms with Gasteiger partial charge in [0, 0.05) is 37.0 Å². The molecule has 6 heteroatoms. The molecule has 0 fully saturated rings. The van der Waals surface area contributed by atoms with Gasteiger partial charge in [0.05, 0.1) is 0 Å². The molecule has 92 valence electrons. The fourth-order valence-electron chi connectivity index (χ4n) is 1.65. The van der Waals surface area contributed by atoms with Gasteiger partial charge in [-0.3, -0.25) is 10.4 Å². The minimum Gasteiger partial charge on any atom is -0.382 e. The monoisotopic (exact) mass is 242 g/mol. The largest absolute Gasteiger partial charge is 0.382 e. The number of hydrogen-bond donors (Lipinski definition) is 2. The molecule has 2 aromatic rings. The first kappa shape index (κ1) is 12.0. The molecule has 2 rings (SSSR count). The number of aromatic nitrogens is 3. The second-order valence-corrected chi connectivity index (χ2v) is 3.59. The lowest BCUT2D eigenvalue weighted by Crippen LogP contribution is -2.32. The maximum atomic E-state index is 8.19. The first-order chi connectivity index (χ1) is 8.74. The van der Waals surface area contributed by atoms with Crippen LogP contribution in [0.4, 0.5) is 11.5 Å². The third-order valence-electron chi connectivity index (χ3n) is 2.51. The maximum Gasteiger partial charge on any atom is 0.155 e. The molecule has 0 saturated carbocycles. The molecule has 0 bridgehead atoms. The topological polar surface area (TPSA) is 91.8 Å². The van der Waals surface area contributed by atoms with Gasteiger partial charge in [0.25, 0.3) is 0 Å². The number of hydrogen-bond acceptors (Lipinski definition) is 5. The molecule has 0 aliphatic carbocycles. The number of nitrogens with two attached hydrogens (primary N) is 1. The predicted molar refractivity (Wildman–Crippen MR) is 70.5 cm³/mol. The van der Waals surface area contributed by atoms with Gasteiger partial charge in [-0.2, -0.15) is 0 Å². The third kappa shape index (κ3) is 2.27. The lowest BCUT2D eigenvalue weighted by molar-refractivity contribution is 1.03. The van der Waals surface area contributed by atoms with Crippen LogP contribution < -0.4 is 10.6 Å². The number of pyridine rings is 1. The molecule has 2 heterocycles. The van der Waals surface area contributed by atoms with E-state index >= 15 is 0 Å². The highest BCUT2D eigenvalue weighted by Gasteiger charge is 2.16. The third-order valence-corrected chi connectivity index (χ3v) is 2.51. The van der Waals surface area contributed by atoms with Crippen molar-refractivity contribution in [1.82, 2.24) is 15.0 Å². The molecule has 3 N–H and O–H groups in total. The summed E-state index contributed by atoms with van der Waals surface area (Å²) in [6, 6.07) is 3.68. The molecule has 0 aliphatic rings. The Morgan fingerprint density at radius 1 is 1.22 bits per heavy atom. The van der Waals surface area contributed by atoms with Crippen molar-refractivity contribution in [2.24, 2.45) is 0 Å². The summed E-state index contributed by atoms with van der Waals surface area (Å²) in [5.41, 5.74) is 7.00. The Balaban J connectivity index is 2.35. The normalized spacial score (nSPS) is 10.1. The van der Waals surface area contributed by atoms with E-state index in [2.05, 4.69) is 15.0 Å². The number of nitrogen functional groups attached to an aromatic ring is 1. The Kier molecular flexibility index (Phi) is 3.47. The molecule has 2 aromatic heterocycles. The smallest absolute Gasteiger partial charge is 0.155 e. The van der Waals surface area contributed by atoms with Gasteiger partial charge in [0.15, 0.2) is 11.7 Å². The van der Waals surface area contributed by atoms with Gasteiger partial charge in [-0.05, 0) is 19.1 Å². The van der Waals surface area contributed by atoms with Crippen molar-refractivity contribution in [1.29, 1.82) is 5.41 Å². The molecular weight excluding hydrogens is 228 g/mol. The molecule has 0 aliphatic heterocycles. The van der Waals surface area contributed by atoms with Crippen LogP contribution >= 0.6 is 0 Å². The zero-order valence-corrected chi connectivity index (χ0v) is 10.0. The van der Waals surface area contributed by atoms with Gasteiger partial charge < -0.3 is 10.6 Å². The standard InChI is InChI=1S/C12H14N6/c1-2-18(9-3-5-15-6-4-9)12(14)10-11(13)17-8-7-16-10/h3-8,14H,2H2,1H3,(H2,13,17). The first-order valence-electron chi connectivity index (χ1n) is 5.57. The molecule has 0 unspecified atom stereocenters. The zero-order valence-electron chi connectivity index (χ0n) is 10.0. The summed E-state index contributed by atoms with van der Waals surface area (Å²) in [6.07, 6.45) is 6.41. The summed E-state index contributed by atoms with van der Waals surface area (Å²) in [4.78, 5) is 13.8. The number of nitrogens with one attached hydrogen (secondary N) is 1. The van der Waals surface area contributed by atoms with E-state index in [-0.39, 0.29) is 11.7 Å². The summed E-state index contributed by atoms with van der Waals surface area (Å²) in [6.45, 7) is 2.60. The van der Waals surface area contributed by atoms with Gasteiger partial charge in [-0.25, -0.2) is 9.97 Å². The van der Waals surface area contributed by atoms with Crippen LogP contribution in [0.5, 0.6) is 0 Å². The van der Waals surface area contributed by atoms with Crippen molar-refractivity contribution in [2.75, 3.05) is 17.2 Å². The molecule has 0 atom stereocenters.